The zero-order valence-electron chi connectivity index (χ0n) is 11.7. The van der Waals surface area contributed by atoms with Crippen LogP contribution in [-0.4, -0.2) is 34.3 Å². The highest BCUT2D eigenvalue weighted by atomic mass is 16.5. The molecule has 6 heteroatoms. The maximum Gasteiger partial charge on any atom is 0.341 e. The van der Waals surface area contributed by atoms with E-state index in [0.29, 0.717) is 12.2 Å². The van der Waals surface area contributed by atoms with Gasteiger partial charge in [0, 0.05) is 12.2 Å². The Hall–Kier alpha value is -1.85. The molecule has 1 amide bonds. The summed E-state index contributed by atoms with van der Waals surface area (Å²) in [6.45, 7) is 6.23. The molecule has 0 aliphatic rings. The number of nitrogens with one attached hydrogen (secondary N) is 1. The molecule has 0 saturated carbocycles. The molecule has 6 nitrogen and oxygen atoms in total. The molecule has 0 radical (unpaired) electrons. The second-order valence-electron chi connectivity index (χ2n) is 4.23. The predicted molar refractivity (Wildman–Crippen MR) is 70.7 cm³/mol. The van der Waals surface area contributed by atoms with Gasteiger partial charge < -0.3 is 10.1 Å². The van der Waals surface area contributed by atoms with Crippen molar-refractivity contribution in [1.82, 2.24) is 15.1 Å². The Bertz CT molecular complexity index is 425. The lowest BCUT2D eigenvalue weighted by Crippen LogP contribution is -2.36. The fourth-order valence-electron chi connectivity index (χ4n) is 1.68. The van der Waals surface area contributed by atoms with Crippen molar-refractivity contribution in [2.24, 2.45) is 0 Å². The van der Waals surface area contributed by atoms with Crippen LogP contribution in [0.25, 0.3) is 0 Å². The lowest BCUT2D eigenvalue weighted by atomic mass is 10.2. The molecule has 0 spiro atoms. The van der Waals surface area contributed by atoms with Crippen molar-refractivity contribution in [3.8, 4) is 0 Å². The quantitative estimate of drug-likeness (QED) is 0.757. The van der Waals surface area contributed by atoms with Gasteiger partial charge in [0.15, 0.2) is 0 Å². The molecule has 1 aromatic heterocycles. The minimum Gasteiger partial charge on any atom is -0.462 e. The molecule has 106 valence electrons. The summed E-state index contributed by atoms with van der Waals surface area (Å²) in [7, 11) is 0. The molecule has 19 heavy (non-hydrogen) atoms. The number of carbonyl (C=O) groups is 2. The van der Waals surface area contributed by atoms with Gasteiger partial charge in [-0.2, -0.15) is 5.10 Å². The van der Waals surface area contributed by atoms with E-state index in [-0.39, 0.29) is 18.5 Å². The van der Waals surface area contributed by atoms with E-state index in [1.807, 2.05) is 13.8 Å². The van der Waals surface area contributed by atoms with Gasteiger partial charge >= 0.3 is 5.97 Å². The highest BCUT2D eigenvalue weighted by Crippen LogP contribution is 2.01. The second-order valence-corrected chi connectivity index (χ2v) is 4.23. The first kappa shape index (κ1) is 15.2. The van der Waals surface area contributed by atoms with E-state index in [9.17, 15) is 9.59 Å². The summed E-state index contributed by atoms with van der Waals surface area (Å²) in [4.78, 5) is 23.2. The number of hydrogen-bond acceptors (Lipinski definition) is 4. The van der Waals surface area contributed by atoms with E-state index in [0.717, 1.165) is 12.8 Å². The molecule has 1 N–H and O–H groups in total. The molecule has 0 aromatic carbocycles. The van der Waals surface area contributed by atoms with Crippen molar-refractivity contribution in [2.75, 3.05) is 6.61 Å². The molecule has 1 heterocycles. The van der Waals surface area contributed by atoms with Crippen LogP contribution in [-0.2, 0) is 16.1 Å². The van der Waals surface area contributed by atoms with Crippen LogP contribution in [0.15, 0.2) is 12.4 Å². The Kier molecular flexibility index (Phi) is 6.05. The van der Waals surface area contributed by atoms with E-state index in [1.165, 1.54) is 17.1 Å². The molecular weight excluding hydrogens is 246 g/mol. The normalized spacial score (nSPS) is 10.5. The number of esters is 1. The fraction of sp³-hybridized carbons (Fsp3) is 0.615. The first-order valence-corrected chi connectivity index (χ1v) is 6.59. The van der Waals surface area contributed by atoms with Crippen LogP contribution in [0.4, 0.5) is 0 Å². The van der Waals surface area contributed by atoms with Crippen LogP contribution in [0.2, 0.25) is 0 Å². The Balaban J connectivity index is 2.53. The summed E-state index contributed by atoms with van der Waals surface area (Å²) in [5.74, 6) is -0.527. The summed E-state index contributed by atoms with van der Waals surface area (Å²) < 4.78 is 6.29. The lowest BCUT2D eigenvalue weighted by molar-refractivity contribution is -0.122. The Morgan fingerprint density at radius 2 is 2.05 bits per heavy atom. The van der Waals surface area contributed by atoms with Crippen molar-refractivity contribution in [1.29, 1.82) is 0 Å². The van der Waals surface area contributed by atoms with E-state index in [1.54, 1.807) is 6.92 Å². The SMILES string of the molecule is CCOC(=O)c1cnn(CC(=O)NC(CC)CC)c1. The van der Waals surface area contributed by atoms with Crippen molar-refractivity contribution in [2.45, 2.75) is 46.2 Å². The number of ether oxygens (including phenoxy) is 1. The van der Waals surface area contributed by atoms with Crippen LogP contribution in [0.3, 0.4) is 0 Å². The standard InChI is InChI=1S/C13H21N3O3/c1-4-11(5-2)15-12(17)9-16-8-10(7-14-16)13(18)19-6-3/h7-8,11H,4-6,9H2,1-3H3,(H,15,17). The first-order chi connectivity index (χ1) is 9.10. The second kappa shape index (κ2) is 7.56. The highest BCUT2D eigenvalue weighted by Gasteiger charge is 2.12. The summed E-state index contributed by atoms with van der Waals surface area (Å²) in [6.07, 6.45) is 4.72. The van der Waals surface area contributed by atoms with Crippen molar-refractivity contribution in [3.05, 3.63) is 18.0 Å². The Morgan fingerprint density at radius 1 is 1.37 bits per heavy atom. The minimum atomic E-state index is -0.422. The Morgan fingerprint density at radius 3 is 2.63 bits per heavy atom. The van der Waals surface area contributed by atoms with Gasteiger partial charge in [-0.05, 0) is 19.8 Å². The average Bonchev–Trinajstić information content (AvgIpc) is 2.84. The summed E-state index contributed by atoms with van der Waals surface area (Å²) in [6, 6.07) is 0.188. The molecule has 0 aliphatic carbocycles. The first-order valence-electron chi connectivity index (χ1n) is 6.59. The van der Waals surface area contributed by atoms with E-state index >= 15 is 0 Å². The molecule has 0 fully saturated rings. The number of aromatic nitrogens is 2. The third-order valence-corrected chi connectivity index (χ3v) is 2.80. The van der Waals surface area contributed by atoms with Crippen LogP contribution in [0.5, 0.6) is 0 Å². The predicted octanol–water partition coefficient (Wildman–Crippen LogP) is 1.36. The van der Waals surface area contributed by atoms with Gasteiger partial charge in [-0.1, -0.05) is 13.8 Å². The highest BCUT2D eigenvalue weighted by molar-refractivity contribution is 5.88. The number of amides is 1. The third-order valence-electron chi connectivity index (χ3n) is 2.80. The number of rotatable bonds is 7. The maximum atomic E-state index is 11.8. The maximum absolute atomic E-state index is 11.8. The van der Waals surface area contributed by atoms with Gasteiger partial charge in [0.25, 0.3) is 0 Å². The van der Waals surface area contributed by atoms with E-state index in [4.69, 9.17) is 4.74 Å². The molecule has 0 bridgehead atoms. The number of nitrogens with zero attached hydrogens (tertiary/aromatic N) is 2. The molecular formula is C13H21N3O3. The van der Waals surface area contributed by atoms with Gasteiger partial charge in [0.2, 0.25) is 5.91 Å². The largest absolute Gasteiger partial charge is 0.462 e. The lowest BCUT2D eigenvalue weighted by Gasteiger charge is -2.14. The van der Waals surface area contributed by atoms with Gasteiger partial charge in [0.05, 0.1) is 18.4 Å². The molecule has 0 saturated heterocycles. The molecule has 0 atom stereocenters. The molecule has 0 aliphatic heterocycles. The zero-order valence-corrected chi connectivity index (χ0v) is 11.7. The van der Waals surface area contributed by atoms with Crippen LogP contribution in [0.1, 0.15) is 44.0 Å². The summed E-state index contributed by atoms with van der Waals surface area (Å²) in [5.41, 5.74) is 0.359. The summed E-state index contributed by atoms with van der Waals surface area (Å²) >= 11 is 0. The topological polar surface area (TPSA) is 73.2 Å². The molecule has 0 unspecified atom stereocenters. The van der Waals surface area contributed by atoms with Gasteiger partial charge in [-0.3, -0.25) is 9.48 Å². The van der Waals surface area contributed by atoms with Crippen molar-refractivity contribution in [3.63, 3.8) is 0 Å². The number of carbonyl (C=O) groups excluding carboxylic acids is 2. The van der Waals surface area contributed by atoms with E-state index < -0.39 is 5.97 Å². The van der Waals surface area contributed by atoms with Crippen LogP contribution in [0, 0.1) is 0 Å². The Labute approximate surface area is 113 Å². The average molecular weight is 267 g/mol. The van der Waals surface area contributed by atoms with Gasteiger partial charge in [-0.25, -0.2) is 4.79 Å². The minimum absolute atomic E-state index is 0.104. The van der Waals surface area contributed by atoms with Crippen LogP contribution >= 0.6 is 0 Å². The van der Waals surface area contributed by atoms with Crippen molar-refractivity contribution < 1.29 is 14.3 Å². The summed E-state index contributed by atoms with van der Waals surface area (Å²) in [5, 5.41) is 6.89. The smallest absolute Gasteiger partial charge is 0.341 e. The number of hydrogen-bond donors (Lipinski definition) is 1. The zero-order chi connectivity index (χ0) is 14.3. The fourth-order valence-corrected chi connectivity index (χ4v) is 1.68. The molecule has 1 rings (SSSR count). The van der Waals surface area contributed by atoms with E-state index in [2.05, 4.69) is 10.4 Å². The van der Waals surface area contributed by atoms with Gasteiger partial charge in [0.1, 0.15) is 6.54 Å². The van der Waals surface area contributed by atoms with Gasteiger partial charge in [-0.15, -0.1) is 0 Å². The third kappa shape index (κ3) is 4.73. The van der Waals surface area contributed by atoms with Crippen molar-refractivity contribution >= 4 is 11.9 Å². The monoisotopic (exact) mass is 267 g/mol. The molecule has 1 aromatic rings. The van der Waals surface area contributed by atoms with Crippen LogP contribution < -0.4 is 5.32 Å².